The zero-order chi connectivity index (χ0) is 14.8. The van der Waals surface area contributed by atoms with Crippen LogP contribution in [-0.4, -0.2) is 6.54 Å². The smallest absolute Gasteiger partial charge is 0.0843 e. The maximum Gasteiger partial charge on any atom is 0.0843 e. The molecule has 0 bridgehead atoms. The first-order valence-electron chi connectivity index (χ1n) is 6.82. The van der Waals surface area contributed by atoms with Crippen LogP contribution in [0.2, 0.25) is 0 Å². The van der Waals surface area contributed by atoms with Crippen molar-refractivity contribution in [3.63, 3.8) is 0 Å². The molecular weight excluding hydrogens is 430 g/mol. The molecule has 0 aliphatic rings. The maximum absolute atomic E-state index is 3.62. The van der Waals surface area contributed by atoms with Gasteiger partial charge in [0.05, 0.1) is 3.79 Å². The summed E-state index contributed by atoms with van der Waals surface area (Å²) in [6.45, 7) is 3.14. The third-order valence-electron chi connectivity index (χ3n) is 3.44. The van der Waals surface area contributed by atoms with E-state index in [0.29, 0.717) is 6.04 Å². The Morgan fingerprint density at radius 1 is 1.24 bits per heavy atom. The van der Waals surface area contributed by atoms with Crippen LogP contribution in [0.4, 0.5) is 0 Å². The minimum Gasteiger partial charge on any atom is -0.309 e. The highest BCUT2D eigenvalue weighted by molar-refractivity contribution is 9.13. The highest BCUT2D eigenvalue weighted by Crippen LogP contribution is 2.37. The highest BCUT2D eigenvalue weighted by atomic mass is 79.9. The molecule has 1 atom stereocenters. The second-order valence-corrected chi connectivity index (χ2v) is 9.01. The van der Waals surface area contributed by atoms with Crippen molar-refractivity contribution in [2.24, 2.45) is 0 Å². The summed E-state index contributed by atoms with van der Waals surface area (Å²) in [6, 6.07) is 11.2. The van der Waals surface area contributed by atoms with Gasteiger partial charge < -0.3 is 5.32 Å². The molecule has 0 spiro atoms. The minimum absolute atomic E-state index is 0.362. The van der Waals surface area contributed by atoms with Gasteiger partial charge in [0.25, 0.3) is 0 Å². The Labute approximate surface area is 149 Å². The molecule has 0 saturated carbocycles. The second-order valence-electron chi connectivity index (χ2n) is 4.84. The van der Waals surface area contributed by atoms with Crippen LogP contribution >= 0.6 is 54.5 Å². The third kappa shape index (κ3) is 3.42. The Morgan fingerprint density at radius 3 is 2.76 bits per heavy atom. The lowest BCUT2D eigenvalue weighted by Crippen LogP contribution is -2.21. The number of hydrogen-bond acceptors (Lipinski definition) is 3. The van der Waals surface area contributed by atoms with Gasteiger partial charge in [-0.2, -0.15) is 0 Å². The maximum atomic E-state index is 3.62. The topological polar surface area (TPSA) is 12.0 Å². The van der Waals surface area contributed by atoms with Crippen molar-refractivity contribution in [2.75, 3.05) is 6.54 Å². The molecule has 1 aromatic carbocycles. The summed E-state index contributed by atoms with van der Waals surface area (Å²) in [4.78, 5) is 1.37. The summed E-state index contributed by atoms with van der Waals surface area (Å²) in [5.41, 5.74) is 1.43. The molecule has 1 N–H and O–H groups in total. The van der Waals surface area contributed by atoms with Gasteiger partial charge in [-0.1, -0.05) is 25.1 Å². The standard InChI is InChI=1S/C16H15Br2NS2/c1-2-19-13(15-8-12(17)16(18)21-15)7-10-9-20-14-6-4-3-5-11(10)14/h3-6,8-9,13,19H,2,7H2,1H3. The third-order valence-corrected chi connectivity index (χ3v) is 7.83. The van der Waals surface area contributed by atoms with Gasteiger partial charge in [0, 0.05) is 20.1 Å². The normalized spacial score (nSPS) is 12.9. The van der Waals surface area contributed by atoms with Crippen LogP contribution in [0, 0.1) is 0 Å². The number of rotatable bonds is 5. The SMILES string of the molecule is CCNC(Cc1csc2ccccc12)c1cc(Br)c(Br)s1. The van der Waals surface area contributed by atoms with Gasteiger partial charge in [-0.3, -0.25) is 0 Å². The quantitative estimate of drug-likeness (QED) is 0.481. The molecule has 5 heteroatoms. The average molecular weight is 445 g/mol. The van der Waals surface area contributed by atoms with Crippen LogP contribution in [0.25, 0.3) is 10.1 Å². The van der Waals surface area contributed by atoms with E-state index in [2.05, 4.69) is 79.8 Å². The molecule has 0 aliphatic carbocycles. The fourth-order valence-electron chi connectivity index (χ4n) is 2.47. The fraction of sp³-hybridized carbons (Fsp3) is 0.250. The minimum atomic E-state index is 0.362. The van der Waals surface area contributed by atoms with E-state index >= 15 is 0 Å². The van der Waals surface area contributed by atoms with Crippen molar-refractivity contribution in [1.82, 2.24) is 5.32 Å². The van der Waals surface area contributed by atoms with Crippen LogP contribution in [0.3, 0.4) is 0 Å². The Hall–Kier alpha value is -0.200. The number of likely N-dealkylation sites (N-methyl/N-ethyl adjacent to an activating group) is 1. The van der Waals surface area contributed by atoms with E-state index in [1.165, 1.54) is 20.5 Å². The summed E-state index contributed by atoms with van der Waals surface area (Å²) in [7, 11) is 0. The van der Waals surface area contributed by atoms with Gasteiger partial charge >= 0.3 is 0 Å². The first kappa shape index (κ1) is 15.7. The molecule has 2 aromatic heterocycles. The van der Waals surface area contributed by atoms with E-state index in [-0.39, 0.29) is 0 Å². The molecule has 0 radical (unpaired) electrons. The van der Waals surface area contributed by atoms with Crippen LogP contribution in [0.15, 0.2) is 44.0 Å². The predicted molar refractivity (Wildman–Crippen MR) is 102 cm³/mol. The molecule has 0 fully saturated rings. The molecule has 0 saturated heterocycles. The van der Waals surface area contributed by atoms with E-state index in [9.17, 15) is 0 Å². The van der Waals surface area contributed by atoms with Crippen LogP contribution in [0.5, 0.6) is 0 Å². The van der Waals surface area contributed by atoms with Gasteiger partial charge in [-0.15, -0.1) is 22.7 Å². The molecule has 3 aromatic rings. The summed E-state index contributed by atoms with van der Waals surface area (Å²) in [6.07, 6.45) is 1.03. The molecule has 0 aliphatic heterocycles. The van der Waals surface area contributed by atoms with Crippen LogP contribution < -0.4 is 5.32 Å². The fourth-order valence-corrected chi connectivity index (χ4v) is 5.61. The van der Waals surface area contributed by atoms with Crippen molar-refractivity contribution < 1.29 is 0 Å². The van der Waals surface area contributed by atoms with E-state index in [1.807, 2.05) is 11.3 Å². The molecule has 3 rings (SSSR count). The van der Waals surface area contributed by atoms with E-state index in [4.69, 9.17) is 0 Å². The van der Waals surface area contributed by atoms with Gasteiger partial charge in [-0.05, 0) is 73.3 Å². The monoisotopic (exact) mass is 443 g/mol. The summed E-state index contributed by atoms with van der Waals surface area (Å²) >= 11 is 10.8. The Balaban J connectivity index is 1.91. The highest BCUT2D eigenvalue weighted by Gasteiger charge is 2.17. The summed E-state index contributed by atoms with van der Waals surface area (Å²) in [5, 5.41) is 7.30. The number of nitrogens with one attached hydrogen (secondary N) is 1. The molecule has 2 heterocycles. The summed E-state index contributed by atoms with van der Waals surface area (Å²) < 4.78 is 3.67. The molecular formula is C16H15Br2NS2. The lowest BCUT2D eigenvalue weighted by Gasteiger charge is -2.16. The molecule has 1 nitrogen and oxygen atoms in total. The van der Waals surface area contributed by atoms with E-state index in [1.54, 1.807) is 11.3 Å². The van der Waals surface area contributed by atoms with Gasteiger partial charge in [0.2, 0.25) is 0 Å². The first-order chi connectivity index (χ1) is 10.2. The molecule has 110 valence electrons. The van der Waals surface area contributed by atoms with Crippen molar-refractivity contribution >= 4 is 64.6 Å². The van der Waals surface area contributed by atoms with Gasteiger partial charge in [-0.25, -0.2) is 0 Å². The molecule has 1 unspecified atom stereocenters. The Kier molecular flexibility index (Phi) is 5.17. The largest absolute Gasteiger partial charge is 0.309 e. The van der Waals surface area contributed by atoms with Crippen molar-refractivity contribution in [3.05, 3.63) is 54.4 Å². The van der Waals surface area contributed by atoms with Crippen molar-refractivity contribution in [2.45, 2.75) is 19.4 Å². The number of benzene rings is 1. The second kappa shape index (κ2) is 6.92. The van der Waals surface area contributed by atoms with Crippen LogP contribution in [0.1, 0.15) is 23.4 Å². The lowest BCUT2D eigenvalue weighted by atomic mass is 10.0. The van der Waals surface area contributed by atoms with Gasteiger partial charge in [0.1, 0.15) is 0 Å². The Morgan fingerprint density at radius 2 is 2.05 bits per heavy atom. The number of hydrogen-bond donors (Lipinski definition) is 1. The number of halogens is 2. The lowest BCUT2D eigenvalue weighted by molar-refractivity contribution is 0.560. The molecule has 0 amide bonds. The van der Waals surface area contributed by atoms with E-state index < -0.39 is 0 Å². The van der Waals surface area contributed by atoms with Crippen LogP contribution in [-0.2, 0) is 6.42 Å². The summed E-state index contributed by atoms with van der Waals surface area (Å²) in [5.74, 6) is 0. The zero-order valence-corrected chi connectivity index (χ0v) is 16.3. The van der Waals surface area contributed by atoms with Crippen molar-refractivity contribution in [3.8, 4) is 0 Å². The number of fused-ring (bicyclic) bond motifs is 1. The van der Waals surface area contributed by atoms with Crippen molar-refractivity contribution in [1.29, 1.82) is 0 Å². The first-order valence-corrected chi connectivity index (χ1v) is 10.1. The molecule has 21 heavy (non-hydrogen) atoms. The predicted octanol–water partition coefficient (Wildman–Crippen LogP) is 6.38. The van der Waals surface area contributed by atoms with Gasteiger partial charge in [0.15, 0.2) is 0 Å². The average Bonchev–Trinajstić information content (AvgIpc) is 3.03. The van der Waals surface area contributed by atoms with E-state index in [0.717, 1.165) is 21.2 Å². The zero-order valence-electron chi connectivity index (χ0n) is 11.5. The number of thiophene rings is 2. The Bertz CT molecular complexity index is 728.